The maximum atomic E-state index is 12.7. The number of hydrogen-bond donors (Lipinski definition) is 1. The van der Waals surface area contributed by atoms with Crippen molar-refractivity contribution in [2.75, 3.05) is 32.8 Å². The van der Waals surface area contributed by atoms with Gasteiger partial charge < -0.3 is 4.74 Å². The van der Waals surface area contributed by atoms with E-state index in [1.807, 2.05) is 19.1 Å². The molecule has 0 saturated carbocycles. The van der Waals surface area contributed by atoms with Gasteiger partial charge in [-0.15, -0.1) is 0 Å². The van der Waals surface area contributed by atoms with Crippen LogP contribution in [-0.4, -0.2) is 46.2 Å². The molecular weight excluding hydrogens is 348 g/mol. The molecule has 2 aromatic rings. The number of nitrogens with one attached hydrogen (secondary N) is 1. The van der Waals surface area contributed by atoms with E-state index in [-0.39, 0.29) is 6.04 Å². The van der Waals surface area contributed by atoms with Crippen molar-refractivity contribution in [2.45, 2.75) is 24.8 Å². The fraction of sp³-hybridized carbons (Fsp3) is 0.400. The molecular formula is C20H26N2O3S. The van der Waals surface area contributed by atoms with Gasteiger partial charge in [-0.1, -0.05) is 42.0 Å². The number of nitrogens with zero attached hydrogens (tertiary/aromatic N) is 1. The monoisotopic (exact) mass is 374 g/mol. The summed E-state index contributed by atoms with van der Waals surface area (Å²) in [5.41, 5.74) is 3.22. The van der Waals surface area contributed by atoms with Gasteiger partial charge in [0.15, 0.2) is 0 Å². The van der Waals surface area contributed by atoms with Crippen LogP contribution in [0.25, 0.3) is 0 Å². The Labute approximate surface area is 156 Å². The van der Waals surface area contributed by atoms with Gasteiger partial charge in [0.2, 0.25) is 10.0 Å². The Kier molecular flexibility index (Phi) is 6.09. The molecule has 5 nitrogen and oxygen atoms in total. The number of benzene rings is 2. The summed E-state index contributed by atoms with van der Waals surface area (Å²) in [6.45, 7) is 7.22. The Bertz CT molecular complexity index is 846. The normalized spacial score (nSPS) is 17.2. The first-order chi connectivity index (χ1) is 12.5. The van der Waals surface area contributed by atoms with Gasteiger partial charge in [0, 0.05) is 25.7 Å². The van der Waals surface area contributed by atoms with E-state index in [0.717, 1.165) is 24.2 Å². The molecule has 2 aromatic carbocycles. The van der Waals surface area contributed by atoms with Gasteiger partial charge >= 0.3 is 0 Å². The molecule has 0 aliphatic carbocycles. The fourth-order valence-corrected chi connectivity index (χ4v) is 4.42. The number of ether oxygens (including phenoxy) is 1. The molecule has 1 aliphatic heterocycles. The predicted molar refractivity (Wildman–Crippen MR) is 103 cm³/mol. The van der Waals surface area contributed by atoms with Crippen molar-refractivity contribution in [3.63, 3.8) is 0 Å². The third kappa shape index (κ3) is 4.71. The van der Waals surface area contributed by atoms with Crippen LogP contribution in [-0.2, 0) is 14.8 Å². The second kappa shape index (κ2) is 8.31. The molecule has 1 N–H and O–H groups in total. The molecule has 1 atom stereocenters. The van der Waals surface area contributed by atoms with Crippen molar-refractivity contribution >= 4 is 10.0 Å². The lowest BCUT2D eigenvalue weighted by atomic mass is 10.0. The number of rotatable bonds is 6. The Morgan fingerprint density at radius 1 is 1.04 bits per heavy atom. The largest absolute Gasteiger partial charge is 0.379 e. The third-order valence-electron chi connectivity index (χ3n) is 4.68. The topological polar surface area (TPSA) is 58.6 Å². The smallest absolute Gasteiger partial charge is 0.240 e. The maximum absolute atomic E-state index is 12.7. The van der Waals surface area contributed by atoms with Crippen molar-refractivity contribution in [1.82, 2.24) is 9.62 Å². The van der Waals surface area contributed by atoms with Crippen LogP contribution in [0.4, 0.5) is 0 Å². The third-order valence-corrected chi connectivity index (χ3v) is 6.10. The SMILES string of the molecule is Cc1cccc(C(CNS(=O)(=O)c2cccc(C)c2)N2CCOCC2)c1. The fourth-order valence-electron chi connectivity index (χ4n) is 3.28. The average Bonchev–Trinajstić information content (AvgIpc) is 2.63. The van der Waals surface area contributed by atoms with E-state index >= 15 is 0 Å². The lowest BCUT2D eigenvalue weighted by molar-refractivity contribution is 0.0172. The van der Waals surface area contributed by atoms with Crippen LogP contribution in [0.1, 0.15) is 22.7 Å². The highest BCUT2D eigenvalue weighted by atomic mass is 32.2. The van der Waals surface area contributed by atoms with E-state index in [9.17, 15) is 8.42 Å². The standard InChI is InChI=1S/C20H26N2O3S/c1-16-5-3-7-18(13-16)20(22-9-11-25-12-10-22)15-21-26(23,24)19-8-4-6-17(2)14-19/h3-8,13-14,20-21H,9-12,15H2,1-2H3. The van der Waals surface area contributed by atoms with Crippen molar-refractivity contribution in [2.24, 2.45) is 0 Å². The molecule has 3 rings (SSSR count). The number of aryl methyl sites for hydroxylation is 2. The van der Waals surface area contributed by atoms with Gasteiger partial charge in [-0.05, 0) is 37.1 Å². The summed E-state index contributed by atoms with van der Waals surface area (Å²) < 4.78 is 33.7. The first-order valence-corrected chi connectivity index (χ1v) is 10.4. The van der Waals surface area contributed by atoms with Gasteiger partial charge in [-0.3, -0.25) is 4.90 Å². The summed E-state index contributed by atoms with van der Waals surface area (Å²) in [5, 5.41) is 0. The van der Waals surface area contributed by atoms with Gasteiger partial charge in [0.05, 0.1) is 18.1 Å². The number of sulfonamides is 1. The summed E-state index contributed by atoms with van der Waals surface area (Å²) in [5.74, 6) is 0. The summed E-state index contributed by atoms with van der Waals surface area (Å²) in [6, 6.07) is 15.2. The summed E-state index contributed by atoms with van der Waals surface area (Å²) in [6.07, 6.45) is 0. The Hall–Kier alpha value is -1.73. The van der Waals surface area contributed by atoms with E-state index < -0.39 is 10.0 Å². The lowest BCUT2D eigenvalue weighted by Crippen LogP contribution is -2.43. The molecule has 0 amide bonds. The van der Waals surface area contributed by atoms with Gasteiger partial charge in [-0.25, -0.2) is 13.1 Å². The lowest BCUT2D eigenvalue weighted by Gasteiger charge is -2.35. The van der Waals surface area contributed by atoms with Crippen molar-refractivity contribution < 1.29 is 13.2 Å². The second-order valence-corrected chi connectivity index (χ2v) is 8.51. The molecule has 6 heteroatoms. The molecule has 0 spiro atoms. The van der Waals surface area contributed by atoms with E-state index in [0.29, 0.717) is 24.7 Å². The quantitative estimate of drug-likeness (QED) is 0.845. The van der Waals surface area contributed by atoms with Crippen LogP contribution >= 0.6 is 0 Å². The van der Waals surface area contributed by atoms with Crippen LogP contribution in [0, 0.1) is 13.8 Å². The van der Waals surface area contributed by atoms with Crippen LogP contribution < -0.4 is 4.72 Å². The molecule has 0 aromatic heterocycles. The minimum Gasteiger partial charge on any atom is -0.379 e. The van der Waals surface area contributed by atoms with Crippen LogP contribution in [0.5, 0.6) is 0 Å². The van der Waals surface area contributed by atoms with Crippen molar-refractivity contribution in [3.8, 4) is 0 Å². The van der Waals surface area contributed by atoms with E-state index in [4.69, 9.17) is 4.74 Å². The number of hydrogen-bond acceptors (Lipinski definition) is 4. The zero-order chi connectivity index (χ0) is 18.6. The number of morpholine rings is 1. The van der Waals surface area contributed by atoms with Gasteiger partial charge in [0.25, 0.3) is 0 Å². The highest BCUT2D eigenvalue weighted by Crippen LogP contribution is 2.23. The van der Waals surface area contributed by atoms with Crippen LogP contribution in [0.15, 0.2) is 53.4 Å². The molecule has 0 radical (unpaired) electrons. The summed E-state index contributed by atoms with van der Waals surface area (Å²) in [4.78, 5) is 2.60. The van der Waals surface area contributed by atoms with E-state index in [1.165, 1.54) is 5.56 Å². The first kappa shape index (κ1) is 19.0. The molecule has 140 valence electrons. The van der Waals surface area contributed by atoms with Crippen LogP contribution in [0.2, 0.25) is 0 Å². The summed E-state index contributed by atoms with van der Waals surface area (Å²) >= 11 is 0. The highest BCUT2D eigenvalue weighted by Gasteiger charge is 2.25. The van der Waals surface area contributed by atoms with Crippen molar-refractivity contribution in [3.05, 3.63) is 65.2 Å². The zero-order valence-electron chi connectivity index (χ0n) is 15.3. The van der Waals surface area contributed by atoms with E-state index in [1.54, 1.807) is 18.2 Å². The Morgan fingerprint density at radius 2 is 1.69 bits per heavy atom. The van der Waals surface area contributed by atoms with E-state index in [2.05, 4.69) is 34.7 Å². The molecule has 0 bridgehead atoms. The summed E-state index contributed by atoms with van der Waals surface area (Å²) in [7, 11) is -3.54. The molecule has 1 fully saturated rings. The van der Waals surface area contributed by atoms with Crippen molar-refractivity contribution in [1.29, 1.82) is 0 Å². The molecule has 1 heterocycles. The zero-order valence-corrected chi connectivity index (χ0v) is 16.1. The Morgan fingerprint density at radius 3 is 2.35 bits per heavy atom. The molecule has 1 saturated heterocycles. The van der Waals surface area contributed by atoms with Gasteiger partial charge in [0.1, 0.15) is 0 Å². The molecule has 1 unspecified atom stereocenters. The highest BCUT2D eigenvalue weighted by molar-refractivity contribution is 7.89. The van der Waals surface area contributed by atoms with Crippen LogP contribution in [0.3, 0.4) is 0 Å². The first-order valence-electron chi connectivity index (χ1n) is 8.90. The Balaban J connectivity index is 1.81. The molecule has 26 heavy (non-hydrogen) atoms. The second-order valence-electron chi connectivity index (χ2n) is 6.75. The van der Waals surface area contributed by atoms with Gasteiger partial charge in [-0.2, -0.15) is 0 Å². The predicted octanol–water partition coefficient (Wildman–Crippen LogP) is 2.66. The molecule has 1 aliphatic rings. The maximum Gasteiger partial charge on any atom is 0.240 e. The minimum absolute atomic E-state index is 0.0154. The average molecular weight is 375 g/mol. The minimum atomic E-state index is -3.54.